The molecular formula is C23H29ClN2O2. The van der Waals surface area contributed by atoms with E-state index < -0.39 is 0 Å². The summed E-state index contributed by atoms with van der Waals surface area (Å²) in [6.07, 6.45) is 3.73. The molecule has 1 saturated heterocycles. The zero-order chi connectivity index (χ0) is 19.8. The molecule has 0 radical (unpaired) electrons. The van der Waals surface area contributed by atoms with Crippen LogP contribution in [0.2, 0.25) is 5.02 Å². The summed E-state index contributed by atoms with van der Waals surface area (Å²) in [5, 5.41) is 3.89. The summed E-state index contributed by atoms with van der Waals surface area (Å²) in [5.41, 5.74) is 2.51. The Morgan fingerprint density at radius 1 is 1.14 bits per heavy atom. The van der Waals surface area contributed by atoms with E-state index in [2.05, 4.69) is 34.5 Å². The number of hydrogen-bond acceptors (Lipinski definition) is 3. The predicted molar refractivity (Wildman–Crippen MR) is 114 cm³/mol. The fourth-order valence-electron chi connectivity index (χ4n) is 3.68. The molecule has 150 valence electrons. The first-order valence-corrected chi connectivity index (χ1v) is 10.4. The number of nitrogens with zero attached hydrogens (tertiary/aromatic N) is 1. The molecule has 5 heteroatoms. The van der Waals surface area contributed by atoms with Crippen molar-refractivity contribution in [2.45, 2.75) is 32.2 Å². The van der Waals surface area contributed by atoms with Gasteiger partial charge >= 0.3 is 0 Å². The highest BCUT2D eigenvalue weighted by molar-refractivity contribution is 6.30. The Morgan fingerprint density at radius 3 is 2.61 bits per heavy atom. The molecule has 0 bridgehead atoms. The summed E-state index contributed by atoms with van der Waals surface area (Å²) in [7, 11) is 1.68. The second-order valence-electron chi connectivity index (χ2n) is 7.42. The van der Waals surface area contributed by atoms with Crippen LogP contribution in [0.25, 0.3) is 0 Å². The predicted octanol–water partition coefficient (Wildman–Crippen LogP) is 4.31. The van der Waals surface area contributed by atoms with Gasteiger partial charge in [-0.2, -0.15) is 0 Å². The Kier molecular flexibility index (Phi) is 7.75. The highest BCUT2D eigenvalue weighted by Crippen LogP contribution is 2.20. The number of rotatable bonds is 8. The first-order chi connectivity index (χ1) is 13.6. The van der Waals surface area contributed by atoms with Crippen LogP contribution in [0.15, 0.2) is 48.5 Å². The molecule has 2 aromatic carbocycles. The first kappa shape index (κ1) is 20.7. The number of nitrogens with one attached hydrogen (secondary N) is 1. The molecule has 1 fully saturated rings. The van der Waals surface area contributed by atoms with Crippen molar-refractivity contribution in [2.75, 3.05) is 26.7 Å². The molecule has 3 rings (SSSR count). The molecule has 1 heterocycles. The van der Waals surface area contributed by atoms with Crippen molar-refractivity contribution in [2.24, 2.45) is 5.92 Å². The van der Waals surface area contributed by atoms with Gasteiger partial charge in [0.15, 0.2) is 0 Å². The average molecular weight is 401 g/mol. The van der Waals surface area contributed by atoms with E-state index in [-0.39, 0.29) is 11.8 Å². The number of likely N-dealkylation sites (tertiary alicyclic amines) is 1. The van der Waals surface area contributed by atoms with E-state index in [1.807, 2.05) is 24.3 Å². The Bertz CT molecular complexity index is 755. The molecule has 0 aliphatic carbocycles. The smallest absolute Gasteiger partial charge is 0.223 e. The number of hydrogen-bond donors (Lipinski definition) is 1. The summed E-state index contributed by atoms with van der Waals surface area (Å²) in [5.74, 6) is 1.22. The molecular weight excluding hydrogens is 372 g/mol. The number of benzene rings is 2. The molecule has 1 aliphatic heterocycles. The van der Waals surface area contributed by atoms with Gasteiger partial charge in [-0.3, -0.25) is 9.69 Å². The van der Waals surface area contributed by atoms with E-state index in [0.717, 1.165) is 62.6 Å². The van der Waals surface area contributed by atoms with Crippen molar-refractivity contribution in [1.29, 1.82) is 0 Å². The van der Waals surface area contributed by atoms with E-state index in [0.29, 0.717) is 0 Å². The van der Waals surface area contributed by atoms with Crippen molar-refractivity contribution in [1.82, 2.24) is 10.2 Å². The Labute approximate surface area is 172 Å². The van der Waals surface area contributed by atoms with Gasteiger partial charge in [-0.05, 0) is 74.2 Å². The van der Waals surface area contributed by atoms with Gasteiger partial charge in [0.05, 0.1) is 7.11 Å². The number of halogens is 1. The largest absolute Gasteiger partial charge is 0.497 e. The molecule has 0 unspecified atom stereocenters. The number of methoxy groups -OCH3 is 1. The van der Waals surface area contributed by atoms with Crippen LogP contribution in [-0.2, 0) is 17.8 Å². The minimum atomic E-state index is 0.137. The van der Waals surface area contributed by atoms with E-state index in [1.165, 1.54) is 11.1 Å². The molecule has 4 nitrogen and oxygen atoms in total. The maximum atomic E-state index is 12.4. The van der Waals surface area contributed by atoms with E-state index in [4.69, 9.17) is 16.3 Å². The van der Waals surface area contributed by atoms with Gasteiger partial charge < -0.3 is 10.1 Å². The van der Waals surface area contributed by atoms with Crippen LogP contribution in [0.3, 0.4) is 0 Å². The maximum Gasteiger partial charge on any atom is 0.223 e. The van der Waals surface area contributed by atoms with Crippen molar-refractivity contribution in [3.8, 4) is 5.75 Å². The lowest BCUT2D eigenvalue weighted by atomic mass is 9.95. The maximum absolute atomic E-state index is 12.4. The molecule has 2 aromatic rings. The lowest BCUT2D eigenvalue weighted by Gasteiger charge is -2.31. The minimum Gasteiger partial charge on any atom is -0.497 e. The summed E-state index contributed by atoms with van der Waals surface area (Å²) in [6, 6.07) is 16.1. The third-order valence-electron chi connectivity index (χ3n) is 5.35. The van der Waals surface area contributed by atoms with Gasteiger partial charge in [-0.25, -0.2) is 0 Å². The second kappa shape index (κ2) is 10.5. The molecule has 0 aromatic heterocycles. The van der Waals surface area contributed by atoms with Crippen LogP contribution in [0.5, 0.6) is 5.75 Å². The van der Waals surface area contributed by atoms with Gasteiger partial charge in [0.1, 0.15) is 5.75 Å². The Morgan fingerprint density at radius 2 is 1.89 bits per heavy atom. The van der Waals surface area contributed by atoms with E-state index in [9.17, 15) is 4.79 Å². The van der Waals surface area contributed by atoms with Crippen molar-refractivity contribution in [3.63, 3.8) is 0 Å². The molecule has 1 amide bonds. The monoisotopic (exact) mass is 400 g/mol. The van der Waals surface area contributed by atoms with Crippen LogP contribution in [-0.4, -0.2) is 37.6 Å². The SMILES string of the molecule is COc1cccc(CCCNC(=O)C2CCN(Cc3ccc(Cl)cc3)CC2)c1. The fourth-order valence-corrected chi connectivity index (χ4v) is 3.80. The van der Waals surface area contributed by atoms with E-state index >= 15 is 0 Å². The summed E-state index contributed by atoms with van der Waals surface area (Å²) in [6.45, 7) is 3.57. The summed E-state index contributed by atoms with van der Waals surface area (Å²) in [4.78, 5) is 14.9. The van der Waals surface area contributed by atoms with Crippen molar-refractivity contribution >= 4 is 17.5 Å². The number of piperidine rings is 1. The van der Waals surface area contributed by atoms with Crippen LogP contribution in [0.1, 0.15) is 30.4 Å². The molecule has 0 saturated carbocycles. The highest BCUT2D eigenvalue weighted by atomic mass is 35.5. The molecule has 0 spiro atoms. The fraction of sp³-hybridized carbons (Fsp3) is 0.435. The number of ether oxygens (including phenoxy) is 1. The number of aryl methyl sites for hydroxylation is 1. The Balaban J connectivity index is 1.34. The molecule has 1 N–H and O–H groups in total. The molecule has 28 heavy (non-hydrogen) atoms. The number of carbonyl (C=O) groups excluding carboxylic acids is 1. The third kappa shape index (κ3) is 6.25. The van der Waals surface area contributed by atoms with Crippen LogP contribution >= 0.6 is 11.6 Å². The normalized spacial score (nSPS) is 15.4. The Hall–Kier alpha value is -2.04. The van der Waals surface area contributed by atoms with Crippen LogP contribution in [0.4, 0.5) is 0 Å². The van der Waals surface area contributed by atoms with Crippen LogP contribution in [0, 0.1) is 5.92 Å². The number of carbonyl (C=O) groups is 1. The average Bonchev–Trinajstić information content (AvgIpc) is 2.73. The van der Waals surface area contributed by atoms with Gasteiger partial charge in [0.2, 0.25) is 5.91 Å². The lowest BCUT2D eigenvalue weighted by Crippen LogP contribution is -2.40. The number of amides is 1. The highest BCUT2D eigenvalue weighted by Gasteiger charge is 2.24. The van der Waals surface area contributed by atoms with E-state index in [1.54, 1.807) is 7.11 Å². The third-order valence-corrected chi connectivity index (χ3v) is 5.61. The second-order valence-corrected chi connectivity index (χ2v) is 7.86. The first-order valence-electron chi connectivity index (χ1n) is 10.0. The quantitative estimate of drug-likeness (QED) is 0.671. The van der Waals surface area contributed by atoms with Gasteiger partial charge in [0.25, 0.3) is 0 Å². The molecule has 0 atom stereocenters. The van der Waals surface area contributed by atoms with Gasteiger partial charge in [0, 0.05) is 24.0 Å². The molecule has 1 aliphatic rings. The zero-order valence-electron chi connectivity index (χ0n) is 16.5. The summed E-state index contributed by atoms with van der Waals surface area (Å²) >= 11 is 5.95. The lowest BCUT2D eigenvalue weighted by molar-refractivity contribution is -0.126. The van der Waals surface area contributed by atoms with Crippen molar-refractivity contribution in [3.05, 3.63) is 64.7 Å². The van der Waals surface area contributed by atoms with Crippen molar-refractivity contribution < 1.29 is 9.53 Å². The standard InChI is InChI=1S/C23H29ClN2O2/c1-28-22-6-2-4-18(16-22)5-3-13-25-23(27)20-11-14-26(15-12-20)17-19-7-9-21(24)10-8-19/h2,4,6-10,16,20H,3,5,11-15,17H2,1H3,(H,25,27). The topological polar surface area (TPSA) is 41.6 Å². The zero-order valence-corrected chi connectivity index (χ0v) is 17.3. The van der Waals surface area contributed by atoms with Crippen LogP contribution < -0.4 is 10.1 Å². The summed E-state index contributed by atoms with van der Waals surface area (Å²) < 4.78 is 5.25. The van der Waals surface area contributed by atoms with Gasteiger partial charge in [-0.1, -0.05) is 35.9 Å². The minimum absolute atomic E-state index is 0.137. The van der Waals surface area contributed by atoms with Gasteiger partial charge in [-0.15, -0.1) is 0 Å².